The summed E-state index contributed by atoms with van der Waals surface area (Å²) in [7, 11) is 0.501. The molecule has 176 valence electrons. The third kappa shape index (κ3) is 5.75. The van der Waals surface area contributed by atoms with Gasteiger partial charge in [0, 0.05) is 24.4 Å². The average Bonchev–Trinajstić information content (AvgIpc) is 3.28. The molecule has 1 N–H and O–H groups in total. The van der Waals surface area contributed by atoms with Crippen LogP contribution in [-0.2, 0) is 10.0 Å². The number of sulfonamides is 1. The number of rotatable bonds is 10. The highest BCUT2D eigenvalue weighted by Crippen LogP contribution is 2.32. The Morgan fingerprint density at radius 2 is 1.79 bits per heavy atom. The highest BCUT2D eigenvalue weighted by molar-refractivity contribution is 8.01. The zero-order valence-electron chi connectivity index (χ0n) is 18.6. The van der Waals surface area contributed by atoms with Crippen molar-refractivity contribution in [3.05, 3.63) is 48.0 Å². The van der Waals surface area contributed by atoms with Gasteiger partial charge in [-0.15, -0.1) is 10.2 Å². The van der Waals surface area contributed by atoms with Gasteiger partial charge >= 0.3 is 0 Å². The summed E-state index contributed by atoms with van der Waals surface area (Å²) in [6.07, 6.45) is 1.02. The Bertz CT molecular complexity index is 1210. The predicted octanol–water partition coefficient (Wildman–Crippen LogP) is 4.13. The molecule has 0 bridgehead atoms. The number of ether oxygens (including phenoxy) is 2. The number of carbonyl (C=O) groups excluding carboxylic acids is 1. The van der Waals surface area contributed by atoms with E-state index in [0.717, 1.165) is 20.8 Å². The molecule has 9 nitrogen and oxygen atoms in total. The molecule has 33 heavy (non-hydrogen) atoms. The van der Waals surface area contributed by atoms with Crippen molar-refractivity contribution in [3.8, 4) is 11.5 Å². The van der Waals surface area contributed by atoms with Crippen molar-refractivity contribution in [2.45, 2.75) is 22.6 Å². The van der Waals surface area contributed by atoms with E-state index in [1.54, 1.807) is 36.0 Å². The van der Waals surface area contributed by atoms with Crippen molar-refractivity contribution in [1.29, 1.82) is 0 Å². The number of benzene rings is 2. The first kappa shape index (κ1) is 24.8. The van der Waals surface area contributed by atoms with Crippen LogP contribution in [0, 0.1) is 0 Å². The maximum Gasteiger partial charge on any atom is 0.264 e. The Balaban J connectivity index is 1.73. The van der Waals surface area contributed by atoms with E-state index in [2.05, 4.69) is 22.4 Å². The van der Waals surface area contributed by atoms with E-state index in [-0.39, 0.29) is 10.8 Å². The number of hydrogen-bond donors (Lipinski definition) is 1. The molecule has 0 atom stereocenters. The molecular weight excluding hydrogens is 484 g/mol. The second-order valence-electron chi connectivity index (χ2n) is 6.71. The molecule has 0 aliphatic carbocycles. The second-order valence-corrected chi connectivity index (χ2v) is 11.0. The lowest BCUT2D eigenvalue weighted by Gasteiger charge is -2.20. The molecule has 1 aromatic heterocycles. The maximum atomic E-state index is 13.1. The Labute approximate surface area is 201 Å². The van der Waals surface area contributed by atoms with Gasteiger partial charge in [0.15, 0.2) is 15.8 Å². The van der Waals surface area contributed by atoms with E-state index < -0.39 is 10.0 Å². The predicted molar refractivity (Wildman–Crippen MR) is 130 cm³/mol. The number of methoxy groups -OCH3 is 2. The molecule has 1 amide bonds. The lowest BCUT2D eigenvalue weighted by molar-refractivity contribution is 0.102. The Morgan fingerprint density at radius 3 is 2.42 bits per heavy atom. The van der Waals surface area contributed by atoms with Gasteiger partial charge in [-0.1, -0.05) is 30.0 Å². The quantitative estimate of drug-likeness (QED) is 0.321. The minimum Gasteiger partial charge on any atom is -0.493 e. The van der Waals surface area contributed by atoms with E-state index in [1.165, 1.54) is 50.8 Å². The number of thioether (sulfide) groups is 1. The van der Waals surface area contributed by atoms with Crippen LogP contribution in [0.4, 0.5) is 10.8 Å². The summed E-state index contributed by atoms with van der Waals surface area (Å²) in [5.41, 5.74) is 0.768. The lowest BCUT2D eigenvalue weighted by atomic mass is 10.2. The summed E-state index contributed by atoms with van der Waals surface area (Å²) in [6.45, 7) is 2.08. The maximum absolute atomic E-state index is 13.1. The molecule has 0 spiro atoms. The molecule has 1 heterocycles. The van der Waals surface area contributed by atoms with E-state index in [9.17, 15) is 13.2 Å². The number of nitrogens with one attached hydrogen (secondary N) is 1. The van der Waals surface area contributed by atoms with Crippen LogP contribution in [0.5, 0.6) is 11.5 Å². The molecule has 0 saturated carbocycles. The molecule has 0 aliphatic rings. The Morgan fingerprint density at radius 1 is 1.09 bits per heavy atom. The van der Waals surface area contributed by atoms with Gasteiger partial charge in [0.1, 0.15) is 0 Å². The van der Waals surface area contributed by atoms with Gasteiger partial charge in [-0.2, -0.15) is 0 Å². The fourth-order valence-electron chi connectivity index (χ4n) is 2.77. The summed E-state index contributed by atoms with van der Waals surface area (Å²) in [5.74, 6) is 1.33. The fourth-order valence-corrected chi connectivity index (χ4v) is 5.66. The van der Waals surface area contributed by atoms with Crippen molar-refractivity contribution in [2.24, 2.45) is 0 Å². The summed E-state index contributed by atoms with van der Waals surface area (Å²) < 4.78 is 38.4. The summed E-state index contributed by atoms with van der Waals surface area (Å²) in [5, 5.41) is 11.2. The van der Waals surface area contributed by atoms with Gasteiger partial charge in [-0.05, 0) is 42.8 Å². The zero-order chi connectivity index (χ0) is 24.0. The third-order valence-corrected chi connectivity index (χ3v) is 8.52. The van der Waals surface area contributed by atoms with Gasteiger partial charge in [0.25, 0.3) is 15.9 Å². The van der Waals surface area contributed by atoms with Crippen LogP contribution in [0.1, 0.15) is 23.7 Å². The fraction of sp³-hybridized carbons (Fsp3) is 0.286. The molecular formula is C21H24N4O5S3. The van der Waals surface area contributed by atoms with Crippen LogP contribution in [0.25, 0.3) is 0 Å². The van der Waals surface area contributed by atoms with Crippen LogP contribution >= 0.6 is 23.1 Å². The molecule has 0 fully saturated rings. The highest BCUT2D eigenvalue weighted by Gasteiger charge is 2.23. The molecule has 12 heteroatoms. The van der Waals surface area contributed by atoms with E-state index in [0.29, 0.717) is 27.9 Å². The minimum absolute atomic E-state index is 0.0532. The third-order valence-electron chi connectivity index (χ3n) is 4.56. The first-order chi connectivity index (χ1) is 15.8. The van der Waals surface area contributed by atoms with Crippen molar-refractivity contribution >= 4 is 49.8 Å². The van der Waals surface area contributed by atoms with Crippen LogP contribution in [0.3, 0.4) is 0 Å². The topological polar surface area (TPSA) is 111 Å². The van der Waals surface area contributed by atoms with Crippen LogP contribution in [-0.4, -0.2) is 51.5 Å². The zero-order valence-corrected chi connectivity index (χ0v) is 21.0. The van der Waals surface area contributed by atoms with Crippen molar-refractivity contribution in [1.82, 2.24) is 10.2 Å². The van der Waals surface area contributed by atoms with Crippen LogP contribution < -0.4 is 19.1 Å². The Kier molecular flexibility index (Phi) is 8.16. The minimum atomic E-state index is -3.86. The molecule has 0 saturated heterocycles. The monoisotopic (exact) mass is 508 g/mol. The molecule has 0 radical (unpaired) electrons. The highest BCUT2D eigenvalue weighted by atomic mass is 32.2. The van der Waals surface area contributed by atoms with E-state index >= 15 is 0 Å². The normalized spacial score (nSPS) is 11.2. The van der Waals surface area contributed by atoms with Gasteiger partial charge < -0.3 is 9.47 Å². The molecule has 0 unspecified atom stereocenters. The molecule has 0 aliphatic heterocycles. The van der Waals surface area contributed by atoms with Crippen molar-refractivity contribution in [3.63, 3.8) is 0 Å². The number of anilines is 2. The molecule has 2 aromatic carbocycles. The van der Waals surface area contributed by atoms with Crippen molar-refractivity contribution < 1.29 is 22.7 Å². The number of hydrogen-bond acceptors (Lipinski definition) is 9. The summed E-state index contributed by atoms with van der Waals surface area (Å²) in [6, 6.07) is 10.6. The average molecular weight is 509 g/mol. The smallest absolute Gasteiger partial charge is 0.264 e. The van der Waals surface area contributed by atoms with Gasteiger partial charge in [0.2, 0.25) is 5.13 Å². The Hall–Kier alpha value is -2.83. The standard InChI is InChI=1S/C21H24N4O5S3/c1-5-12-31-21-24-23-20(32-21)22-19(26)14-6-8-15(9-7-14)25(2)33(27,28)16-10-11-17(29-3)18(13-16)30-4/h6-11,13H,5,12H2,1-4H3,(H,22,23,26). The number of aromatic nitrogens is 2. The first-order valence-electron chi connectivity index (χ1n) is 9.88. The van der Waals surface area contributed by atoms with Gasteiger partial charge in [0.05, 0.1) is 24.8 Å². The molecule has 3 rings (SSSR count). The number of carbonyl (C=O) groups is 1. The van der Waals surface area contributed by atoms with E-state index in [4.69, 9.17) is 9.47 Å². The van der Waals surface area contributed by atoms with Crippen LogP contribution in [0.2, 0.25) is 0 Å². The molecule has 3 aromatic rings. The lowest BCUT2D eigenvalue weighted by Crippen LogP contribution is -2.26. The first-order valence-corrected chi connectivity index (χ1v) is 13.1. The largest absolute Gasteiger partial charge is 0.493 e. The second kappa shape index (κ2) is 10.9. The number of amides is 1. The number of nitrogens with zero attached hydrogens (tertiary/aromatic N) is 3. The van der Waals surface area contributed by atoms with E-state index in [1.807, 2.05) is 0 Å². The van der Waals surface area contributed by atoms with Gasteiger partial charge in [-0.25, -0.2) is 8.42 Å². The summed E-state index contributed by atoms with van der Waals surface area (Å²) >= 11 is 2.90. The summed E-state index contributed by atoms with van der Waals surface area (Å²) in [4.78, 5) is 12.6. The van der Waals surface area contributed by atoms with Gasteiger partial charge in [-0.3, -0.25) is 14.4 Å². The van der Waals surface area contributed by atoms with Crippen molar-refractivity contribution in [2.75, 3.05) is 36.6 Å². The SMILES string of the molecule is CCCSc1nnc(NC(=O)c2ccc(N(C)S(=O)(=O)c3ccc(OC)c(OC)c3)cc2)s1. The van der Waals surface area contributed by atoms with Crippen LogP contribution in [0.15, 0.2) is 51.7 Å².